The van der Waals surface area contributed by atoms with Crippen LogP contribution in [0.1, 0.15) is 0 Å². The molecule has 0 aromatic carbocycles. The van der Waals surface area contributed by atoms with Crippen LogP contribution in [0.3, 0.4) is 0 Å². The van der Waals surface area contributed by atoms with Crippen LogP contribution < -0.4 is 5.32 Å². The molecule has 17 heavy (non-hydrogen) atoms. The van der Waals surface area contributed by atoms with E-state index in [0.29, 0.717) is 16.1 Å². The molecule has 0 aliphatic carbocycles. The maximum atomic E-state index is 11.5. The molecule has 1 saturated heterocycles. The number of tetrazole rings is 1. The van der Waals surface area contributed by atoms with E-state index >= 15 is 0 Å². The molecule has 2 rings (SSSR count). The van der Waals surface area contributed by atoms with Crippen LogP contribution in [0.2, 0.25) is 0 Å². The van der Waals surface area contributed by atoms with Gasteiger partial charge in [-0.1, -0.05) is 23.5 Å². The molecule has 0 spiro atoms. The molecule has 1 fully saturated rings. The molecule has 0 unspecified atom stereocenters. The van der Waals surface area contributed by atoms with Gasteiger partial charge in [-0.05, 0) is 10.4 Å². The van der Waals surface area contributed by atoms with Crippen LogP contribution >= 0.6 is 23.5 Å². The van der Waals surface area contributed by atoms with Crippen molar-refractivity contribution in [3.63, 3.8) is 0 Å². The zero-order valence-corrected chi connectivity index (χ0v) is 10.4. The number of hydrogen-bond acceptors (Lipinski definition) is 7. The van der Waals surface area contributed by atoms with E-state index in [4.69, 9.17) is 0 Å². The number of aliphatic imine (C=N–C) groups is 1. The second kappa shape index (κ2) is 5.27. The average Bonchev–Trinajstić information content (AvgIpc) is 2.85. The largest absolute Gasteiger partial charge is 0.304 e. The smallest absolute Gasteiger partial charge is 0.258 e. The van der Waals surface area contributed by atoms with Gasteiger partial charge in [0.25, 0.3) is 5.91 Å². The first-order valence-corrected chi connectivity index (χ1v) is 6.51. The first-order chi connectivity index (χ1) is 8.15. The molecule has 1 aromatic rings. The SMILES string of the molecule is Cn1nnnc1SCC(=O)N=C1NC(=O)CS1. The maximum absolute atomic E-state index is 11.5. The predicted octanol–water partition coefficient (Wildman–Crippen LogP) is -0.952. The van der Waals surface area contributed by atoms with Gasteiger partial charge in [0.1, 0.15) is 0 Å². The third-order valence-electron chi connectivity index (χ3n) is 1.72. The highest BCUT2D eigenvalue weighted by molar-refractivity contribution is 8.15. The molecular formula is C7H8N6O2S2. The summed E-state index contributed by atoms with van der Waals surface area (Å²) in [5.74, 6) is -0.0185. The van der Waals surface area contributed by atoms with E-state index in [2.05, 4.69) is 25.8 Å². The van der Waals surface area contributed by atoms with Crippen LogP contribution in [-0.4, -0.2) is 48.7 Å². The Morgan fingerprint density at radius 3 is 3.12 bits per heavy atom. The maximum Gasteiger partial charge on any atom is 0.258 e. The molecule has 2 heterocycles. The molecule has 8 nitrogen and oxygen atoms in total. The normalized spacial score (nSPS) is 17.5. The Kier molecular flexibility index (Phi) is 3.74. The number of rotatable bonds is 3. The molecule has 0 atom stereocenters. The fraction of sp³-hybridized carbons (Fsp3) is 0.429. The topological polar surface area (TPSA) is 102 Å². The monoisotopic (exact) mass is 272 g/mol. The highest BCUT2D eigenvalue weighted by Gasteiger charge is 2.17. The van der Waals surface area contributed by atoms with Crippen LogP contribution in [0, 0.1) is 0 Å². The lowest BCUT2D eigenvalue weighted by Gasteiger charge is -1.96. The van der Waals surface area contributed by atoms with Gasteiger partial charge in [0, 0.05) is 7.05 Å². The third-order valence-corrected chi connectivity index (χ3v) is 3.59. The van der Waals surface area contributed by atoms with Crippen LogP contribution in [-0.2, 0) is 16.6 Å². The van der Waals surface area contributed by atoms with E-state index in [-0.39, 0.29) is 17.6 Å². The molecular weight excluding hydrogens is 264 g/mol. The molecule has 1 aromatic heterocycles. The van der Waals surface area contributed by atoms with Gasteiger partial charge in [0.2, 0.25) is 11.1 Å². The summed E-state index contributed by atoms with van der Waals surface area (Å²) in [6.07, 6.45) is 0. The molecule has 0 bridgehead atoms. The molecule has 90 valence electrons. The van der Waals surface area contributed by atoms with Gasteiger partial charge in [-0.15, -0.1) is 5.10 Å². The van der Waals surface area contributed by atoms with E-state index < -0.39 is 0 Å². The van der Waals surface area contributed by atoms with E-state index in [0.717, 1.165) is 0 Å². The van der Waals surface area contributed by atoms with E-state index in [1.54, 1.807) is 7.05 Å². The van der Waals surface area contributed by atoms with Crippen LogP contribution in [0.4, 0.5) is 0 Å². The Morgan fingerprint density at radius 1 is 1.71 bits per heavy atom. The summed E-state index contributed by atoms with van der Waals surface area (Å²) in [7, 11) is 1.69. The quantitative estimate of drug-likeness (QED) is 0.707. The summed E-state index contributed by atoms with van der Waals surface area (Å²) in [5, 5.41) is 14.2. The molecule has 2 amide bonds. The number of hydrogen-bond donors (Lipinski definition) is 1. The summed E-state index contributed by atoms with van der Waals surface area (Å²) in [6, 6.07) is 0. The molecule has 1 aliphatic heterocycles. The van der Waals surface area contributed by atoms with E-state index in [1.807, 2.05) is 0 Å². The summed E-state index contributed by atoms with van der Waals surface area (Å²) in [6.45, 7) is 0. The Hall–Kier alpha value is -1.42. The number of nitrogens with one attached hydrogen (secondary N) is 1. The van der Waals surface area contributed by atoms with Crippen molar-refractivity contribution in [2.75, 3.05) is 11.5 Å². The van der Waals surface area contributed by atoms with E-state index in [1.165, 1.54) is 28.2 Å². The molecule has 1 aliphatic rings. The lowest BCUT2D eigenvalue weighted by atomic mass is 10.7. The highest BCUT2D eigenvalue weighted by Crippen LogP contribution is 2.14. The standard InChI is InChI=1S/C7H8N6O2S2/c1-13-7(10-11-12-13)17-3-5(15)9-6-8-4(14)2-16-6/h2-3H2,1H3,(H,8,9,14,15). The lowest BCUT2D eigenvalue weighted by Crippen LogP contribution is -2.21. The number of aryl methyl sites for hydroxylation is 1. The lowest BCUT2D eigenvalue weighted by molar-refractivity contribution is -0.116. The van der Waals surface area contributed by atoms with Gasteiger partial charge in [-0.25, -0.2) is 4.68 Å². The van der Waals surface area contributed by atoms with Crippen LogP contribution in [0.25, 0.3) is 0 Å². The summed E-state index contributed by atoms with van der Waals surface area (Å²) < 4.78 is 1.47. The first-order valence-electron chi connectivity index (χ1n) is 4.54. The number of carbonyl (C=O) groups excluding carboxylic acids is 2. The van der Waals surface area contributed by atoms with Crippen molar-refractivity contribution in [2.45, 2.75) is 5.16 Å². The van der Waals surface area contributed by atoms with E-state index in [9.17, 15) is 9.59 Å². The highest BCUT2D eigenvalue weighted by atomic mass is 32.2. The van der Waals surface area contributed by atoms with Gasteiger partial charge in [-0.2, -0.15) is 4.99 Å². The summed E-state index contributed by atoms with van der Waals surface area (Å²) in [5.41, 5.74) is 0. The minimum Gasteiger partial charge on any atom is -0.304 e. The van der Waals surface area contributed by atoms with Gasteiger partial charge in [-0.3, -0.25) is 9.59 Å². The minimum atomic E-state index is -0.331. The average molecular weight is 272 g/mol. The van der Waals surface area contributed by atoms with Crippen LogP contribution in [0.15, 0.2) is 10.1 Å². The molecule has 1 N–H and O–H groups in total. The van der Waals surface area contributed by atoms with Crippen molar-refractivity contribution >= 4 is 40.5 Å². The van der Waals surface area contributed by atoms with Gasteiger partial charge < -0.3 is 5.32 Å². The second-order valence-electron chi connectivity index (χ2n) is 3.02. The number of carbonyl (C=O) groups is 2. The van der Waals surface area contributed by atoms with Crippen molar-refractivity contribution in [3.8, 4) is 0 Å². The zero-order valence-electron chi connectivity index (χ0n) is 8.78. The fourth-order valence-electron chi connectivity index (χ4n) is 1.00. The number of amides is 2. The zero-order chi connectivity index (χ0) is 12.3. The van der Waals surface area contributed by atoms with Crippen LogP contribution in [0.5, 0.6) is 0 Å². The molecule has 0 saturated carbocycles. The summed E-state index contributed by atoms with van der Waals surface area (Å²) in [4.78, 5) is 26.1. The fourth-order valence-corrected chi connectivity index (χ4v) is 2.33. The molecule has 0 radical (unpaired) electrons. The van der Waals surface area contributed by atoms with Crippen molar-refractivity contribution in [2.24, 2.45) is 12.0 Å². The Bertz CT molecular complexity index is 484. The van der Waals surface area contributed by atoms with Crippen molar-refractivity contribution in [1.82, 2.24) is 25.5 Å². The first kappa shape index (κ1) is 12.0. The number of aromatic nitrogens is 4. The Labute approximate surface area is 105 Å². The Morgan fingerprint density at radius 2 is 2.53 bits per heavy atom. The second-order valence-corrected chi connectivity index (χ2v) is 4.93. The van der Waals surface area contributed by atoms with Gasteiger partial charge >= 0.3 is 0 Å². The number of nitrogens with zero attached hydrogens (tertiary/aromatic N) is 5. The summed E-state index contributed by atoms with van der Waals surface area (Å²) >= 11 is 2.41. The van der Waals surface area contributed by atoms with Gasteiger partial charge in [0.05, 0.1) is 11.5 Å². The number of thioether (sulfide) groups is 2. The Balaban J connectivity index is 1.86. The minimum absolute atomic E-state index is 0.133. The third kappa shape index (κ3) is 3.27. The predicted molar refractivity (Wildman–Crippen MR) is 62.6 cm³/mol. The van der Waals surface area contributed by atoms with Crippen molar-refractivity contribution < 1.29 is 9.59 Å². The molecule has 10 heteroatoms. The van der Waals surface area contributed by atoms with Crippen molar-refractivity contribution in [1.29, 1.82) is 0 Å². The van der Waals surface area contributed by atoms with Gasteiger partial charge in [0.15, 0.2) is 5.17 Å². The van der Waals surface area contributed by atoms with Crippen molar-refractivity contribution in [3.05, 3.63) is 0 Å². The number of amidine groups is 1.